The van der Waals surface area contributed by atoms with E-state index in [2.05, 4.69) is 20.9 Å². The fraction of sp³-hybridized carbons (Fsp3) is 0.0769. The van der Waals surface area contributed by atoms with Gasteiger partial charge in [-0.25, -0.2) is 13.8 Å². The van der Waals surface area contributed by atoms with Crippen LogP contribution in [0, 0.1) is 23.0 Å². The van der Waals surface area contributed by atoms with Crippen LogP contribution in [0.15, 0.2) is 34.9 Å². The monoisotopic (exact) mass is 308 g/mol. The zero-order valence-corrected chi connectivity index (χ0v) is 10.7. The summed E-state index contributed by atoms with van der Waals surface area (Å²) in [7, 11) is 0. The molecule has 0 amide bonds. The first-order valence-corrected chi connectivity index (χ1v) is 5.88. The highest BCUT2D eigenvalue weighted by Gasteiger charge is 2.07. The summed E-state index contributed by atoms with van der Waals surface area (Å²) < 4.78 is 26.8. The summed E-state index contributed by atoms with van der Waals surface area (Å²) in [6.07, 6.45) is 1.80. The SMILES string of the molecule is N#Cc1ncc(Cc2ccc(F)cc2F)cc1Br. The molecule has 90 valence electrons. The standard InChI is InChI=1S/C13H7BrF2N2/c14-11-4-8(7-18-13(11)6-17)3-9-1-2-10(15)5-12(9)16/h1-2,4-5,7H,3H2. The highest BCUT2D eigenvalue weighted by molar-refractivity contribution is 9.10. The number of rotatable bonds is 2. The van der Waals surface area contributed by atoms with Crippen LogP contribution in [0.25, 0.3) is 0 Å². The topological polar surface area (TPSA) is 36.7 Å². The molecule has 0 spiro atoms. The second-order valence-corrected chi connectivity index (χ2v) is 4.55. The van der Waals surface area contributed by atoms with Gasteiger partial charge in [0.25, 0.3) is 0 Å². The molecule has 0 unspecified atom stereocenters. The Morgan fingerprint density at radius 2 is 2.06 bits per heavy atom. The minimum atomic E-state index is -0.601. The van der Waals surface area contributed by atoms with Crippen molar-refractivity contribution in [2.75, 3.05) is 0 Å². The van der Waals surface area contributed by atoms with Crippen molar-refractivity contribution in [1.29, 1.82) is 5.26 Å². The molecule has 0 saturated heterocycles. The van der Waals surface area contributed by atoms with Gasteiger partial charge in [0.15, 0.2) is 5.69 Å². The summed E-state index contributed by atoms with van der Waals surface area (Å²) >= 11 is 3.21. The number of hydrogen-bond acceptors (Lipinski definition) is 2. The van der Waals surface area contributed by atoms with Crippen molar-refractivity contribution in [2.45, 2.75) is 6.42 Å². The van der Waals surface area contributed by atoms with Gasteiger partial charge in [0.1, 0.15) is 17.7 Å². The summed E-state index contributed by atoms with van der Waals surface area (Å²) in [5.74, 6) is -1.19. The molecule has 5 heteroatoms. The number of aromatic nitrogens is 1. The maximum atomic E-state index is 13.5. The third-order valence-corrected chi connectivity index (χ3v) is 3.02. The fourth-order valence-electron chi connectivity index (χ4n) is 1.54. The van der Waals surface area contributed by atoms with Gasteiger partial charge in [-0.1, -0.05) is 6.07 Å². The maximum Gasteiger partial charge on any atom is 0.154 e. The van der Waals surface area contributed by atoms with Crippen LogP contribution >= 0.6 is 15.9 Å². The van der Waals surface area contributed by atoms with Crippen molar-refractivity contribution in [3.05, 3.63) is 63.4 Å². The zero-order valence-electron chi connectivity index (χ0n) is 9.12. The number of benzene rings is 1. The van der Waals surface area contributed by atoms with E-state index in [0.29, 0.717) is 16.5 Å². The van der Waals surface area contributed by atoms with Gasteiger partial charge in [-0.15, -0.1) is 0 Å². The largest absolute Gasteiger partial charge is 0.244 e. The lowest BCUT2D eigenvalue weighted by Crippen LogP contribution is -1.96. The van der Waals surface area contributed by atoms with E-state index in [0.717, 1.165) is 11.6 Å². The van der Waals surface area contributed by atoms with E-state index in [-0.39, 0.29) is 5.69 Å². The van der Waals surface area contributed by atoms with Crippen LogP contribution in [0.3, 0.4) is 0 Å². The van der Waals surface area contributed by atoms with Crippen LogP contribution in [0.1, 0.15) is 16.8 Å². The van der Waals surface area contributed by atoms with Crippen molar-refractivity contribution in [1.82, 2.24) is 4.98 Å². The van der Waals surface area contributed by atoms with Gasteiger partial charge < -0.3 is 0 Å². The Kier molecular flexibility index (Phi) is 3.68. The lowest BCUT2D eigenvalue weighted by molar-refractivity contribution is 0.574. The molecule has 2 aromatic rings. The molecule has 1 heterocycles. The van der Waals surface area contributed by atoms with Crippen LogP contribution in [0.2, 0.25) is 0 Å². The van der Waals surface area contributed by atoms with E-state index >= 15 is 0 Å². The number of nitriles is 1. The maximum absolute atomic E-state index is 13.5. The average molecular weight is 309 g/mol. The number of hydrogen-bond donors (Lipinski definition) is 0. The Morgan fingerprint density at radius 3 is 2.67 bits per heavy atom. The van der Waals surface area contributed by atoms with Crippen molar-refractivity contribution < 1.29 is 8.78 Å². The summed E-state index contributed by atoms with van der Waals surface area (Å²) in [4.78, 5) is 3.94. The van der Waals surface area contributed by atoms with Gasteiger partial charge in [-0.05, 0) is 39.2 Å². The van der Waals surface area contributed by atoms with Gasteiger partial charge >= 0.3 is 0 Å². The molecular formula is C13H7BrF2N2. The smallest absolute Gasteiger partial charge is 0.154 e. The van der Waals surface area contributed by atoms with Crippen LogP contribution in [0.4, 0.5) is 8.78 Å². The molecule has 0 N–H and O–H groups in total. The Bertz CT molecular complexity index is 635. The first kappa shape index (κ1) is 12.7. The molecule has 1 aromatic heterocycles. The van der Waals surface area contributed by atoms with Crippen LogP contribution < -0.4 is 0 Å². The molecule has 2 nitrogen and oxygen atoms in total. The van der Waals surface area contributed by atoms with Crippen LogP contribution in [0.5, 0.6) is 0 Å². The molecule has 0 aliphatic rings. The molecule has 0 fully saturated rings. The summed E-state index contributed by atoms with van der Waals surface area (Å²) in [5.41, 5.74) is 1.40. The summed E-state index contributed by atoms with van der Waals surface area (Å²) in [6.45, 7) is 0. The molecule has 0 aliphatic heterocycles. The first-order chi connectivity index (χ1) is 8.60. The average Bonchev–Trinajstić information content (AvgIpc) is 2.33. The molecule has 0 saturated carbocycles. The molecule has 1 aromatic carbocycles. The van der Waals surface area contributed by atoms with E-state index in [9.17, 15) is 8.78 Å². The van der Waals surface area contributed by atoms with E-state index in [1.54, 1.807) is 6.07 Å². The molecule has 0 atom stereocenters. The van der Waals surface area contributed by atoms with E-state index in [1.807, 2.05) is 6.07 Å². The lowest BCUT2D eigenvalue weighted by Gasteiger charge is -2.04. The summed E-state index contributed by atoms with van der Waals surface area (Å²) in [5, 5.41) is 8.73. The van der Waals surface area contributed by atoms with Crippen molar-refractivity contribution in [3.63, 3.8) is 0 Å². The molecule has 18 heavy (non-hydrogen) atoms. The lowest BCUT2D eigenvalue weighted by atomic mass is 10.1. The second kappa shape index (κ2) is 5.23. The van der Waals surface area contributed by atoms with Gasteiger partial charge in [0.05, 0.1) is 4.47 Å². The predicted octanol–water partition coefficient (Wildman–Crippen LogP) is 3.58. The normalized spacial score (nSPS) is 10.1. The predicted molar refractivity (Wildman–Crippen MR) is 65.8 cm³/mol. The molecule has 0 bridgehead atoms. The van der Waals surface area contributed by atoms with E-state index in [4.69, 9.17) is 5.26 Å². The van der Waals surface area contributed by atoms with Crippen molar-refractivity contribution >= 4 is 15.9 Å². The zero-order chi connectivity index (χ0) is 13.1. The van der Waals surface area contributed by atoms with Gasteiger partial charge in [-0.2, -0.15) is 5.26 Å². The fourth-order valence-corrected chi connectivity index (χ4v) is 2.03. The molecule has 0 aliphatic carbocycles. The molecule has 0 radical (unpaired) electrons. The number of nitrogens with zero attached hydrogens (tertiary/aromatic N) is 2. The molecule has 2 rings (SSSR count). The van der Waals surface area contributed by atoms with Gasteiger partial charge in [-0.3, -0.25) is 0 Å². The Balaban J connectivity index is 2.29. The van der Waals surface area contributed by atoms with E-state index in [1.165, 1.54) is 18.3 Å². The number of pyridine rings is 1. The van der Waals surface area contributed by atoms with Gasteiger partial charge in [0, 0.05) is 18.7 Å². The van der Waals surface area contributed by atoms with Crippen molar-refractivity contribution in [2.24, 2.45) is 0 Å². The highest BCUT2D eigenvalue weighted by Crippen LogP contribution is 2.19. The third-order valence-electron chi connectivity index (χ3n) is 2.41. The minimum Gasteiger partial charge on any atom is -0.244 e. The number of halogens is 3. The third kappa shape index (κ3) is 2.71. The van der Waals surface area contributed by atoms with Gasteiger partial charge in [0.2, 0.25) is 0 Å². The first-order valence-electron chi connectivity index (χ1n) is 5.08. The molecular weight excluding hydrogens is 302 g/mol. The van der Waals surface area contributed by atoms with E-state index < -0.39 is 11.6 Å². The minimum absolute atomic E-state index is 0.276. The Labute approximate surface area is 111 Å². The Hall–Kier alpha value is -1.80. The van der Waals surface area contributed by atoms with Crippen LogP contribution in [-0.2, 0) is 6.42 Å². The quantitative estimate of drug-likeness (QED) is 0.850. The second-order valence-electron chi connectivity index (χ2n) is 3.70. The Morgan fingerprint density at radius 1 is 1.28 bits per heavy atom. The van der Waals surface area contributed by atoms with Crippen LogP contribution in [-0.4, -0.2) is 4.98 Å². The van der Waals surface area contributed by atoms with Crippen molar-refractivity contribution in [3.8, 4) is 6.07 Å². The summed E-state index contributed by atoms with van der Waals surface area (Å²) in [6, 6.07) is 7.09. The highest BCUT2D eigenvalue weighted by atomic mass is 79.9.